The number of piperidine rings is 1. The molecule has 1 aliphatic heterocycles. The Kier molecular flexibility index (Phi) is 5.07. The van der Waals surface area contributed by atoms with Crippen molar-refractivity contribution in [2.45, 2.75) is 19.8 Å². The number of fused-ring (bicyclic) bond motifs is 1. The number of pyridine rings is 1. The van der Waals surface area contributed by atoms with Crippen LogP contribution in [0.3, 0.4) is 0 Å². The number of likely N-dealkylation sites (tertiary alicyclic amines) is 1. The van der Waals surface area contributed by atoms with Crippen molar-refractivity contribution in [1.29, 1.82) is 0 Å². The van der Waals surface area contributed by atoms with E-state index in [1.54, 1.807) is 12.4 Å². The molecule has 1 saturated heterocycles. The first-order valence-corrected chi connectivity index (χ1v) is 9.47. The Labute approximate surface area is 154 Å². The molecule has 0 saturated carbocycles. The minimum Gasteiger partial charge on any atom is -0.369 e. The van der Waals surface area contributed by atoms with E-state index in [4.69, 9.17) is 9.97 Å². The standard InChI is InChI=1S/C21H25N5/c1-2-26-13-5-6-16(15-26)14-23-21-18-7-3-4-8-19(18)24-20(25-21)17-9-11-22-12-10-17/h3-4,7-12,16H,2,5-6,13-15H2,1H3,(H,23,24,25)/t16-/m0/s1. The van der Waals surface area contributed by atoms with Crippen LogP contribution in [0, 0.1) is 5.92 Å². The fourth-order valence-electron chi connectivity index (χ4n) is 3.69. The summed E-state index contributed by atoms with van der Waals surface area (Å²) in [6, 6.07) is 12.1. The van der Waals surface area contributed by atoms with Crippen LogP contribution < -0.4 is 5.32 Å². The molecule has 1 aromatic carbocycles. The molecule has 26 heavy (non-hydrogen) atoms. The Morgan fingerprint density at radius 1 is 1.12 bits per heavy atom. The van der Waals surface area contributed by atoms with Gasteiger partial charge in [-0.05, 0) is 56.1 Å². The summed E-state index contributed by atoms with van der Waals surface area (Å²) in [5.74, 6) is 2.34. The fraction of sp³-hybridized carbons (Fsp3) is 0.381. The summed E-state index contributed by atoms with van der Waals surface area (Å²) < 4.78 is 0. The van der Waals surface area contributed by atoms with Crippen molar-refractivity contribution >= 4 is 16.7 Å². The highest BCUT2D eigenvalue weighted by atomic mass is 15.1. The first-order valence-electron chi connectivity index (χ1n) is 9.47. The van der Waals surface area contributed by atoms with Gasteiger partial charge in [0.25, 0.3) is 0 Å². The zero-order chi connectivity index (χ0) is 17.8. The molecule has 0 unspecified atom stereocenters. The number of rotatable bonds is 5. The molecule has 1 fully saturated rings. The van der Waals surface area contributed by atoms with Gasteiger partial charge < -0.3 is 10.2 Å². The third kappa shape index (κ3) is 3.68. The van der Waals surface area contributed by atoms with Gasteiger partial charge in [0.05, 0.1) is 5.52 Å². The lowest BCUT2D eigenvalue weighted by atomic mass is 9.98. The molecule has 0 radical (unpaired) electrons. The summed E-state index contributed by atoms with van der Waals surface area (Å²) in [7, 11) is 0. The Morgan fingerprint density at radius 2 is 1.96 bits per heavy atom. The molecule has 0 bridgehead atoms. The predicted octanol–water partition coefficient (Wildman–Crippen LogP) is 3.84. The normalized spacial score (nSPS) is 18.1. The van der Waals surface area contributed by atoms with Gasteiger partial charge in [-0.15, -0.1) is 0 Å². The number of para-hydroxylation sites is 1. The molecule has 1 atom stereocenters. The van der Waals surface area contributed by atoms with Crippen molar-refractivity contribution in [2.24, 2.45) is 5.92 Å². The summed E-state index contributed by atoms with van der Waals surface area (Å²) >= 11 is 0. The molecule has 1 aliphatic rings. The van der Waals surface area contributed by atoms with E-state index in [0.29, 0.717) is 5.92 Å². The second kappa shape index (κ2) is 7.79. The highest BCUT2D eigenvalue weighted by Gasteiger charge is 2.19. The van der Waals surface area contributed by atoms with Crippen LogP contribution in [0.2, 0.25) is 0 Å². The smallest absolute Gasteiger partial charge is 0.162 e. The molecular weight excluding hydrogens is 322 g/mol. The second-order valence-electron chi connectivity index (χ2n) is 6.93. The van der Waals surface area contributed by atoms with Crippen LogP contribution in [0.5, 0.6) is 0 Å². The van der Waals surface area contributed by atoms with Crippen LogP contribution in [0.25, 0.3) is 22.3 Å². The van der Waals surface area contributed by atoms with Crippen molar-refractivity contribution in [3.8, 4) is 11.4 Å². The third-order valence-electron chi connectivity index (χ3n) is 5.15. The highest BCUT2D eigenvalue weighted by Crippen LogP contribution is 2.25. The molecule has 0 amide bonds. The summed E-state index contributed by atoms with van der Waals surface area (Å²) in [6.45, 7) is 6.74. The van der Waals surface area contributed by atoms with Gasteiger partial charge in [-0.25, -0.2) is 9.97 Å². The van der Waals surface area contributed by atoms with Gasteiger partial charge in [0, 0.05) is 36.4 Å². The van der Waals surface area contributed by atoms with E-state index in [1.807, 2.05) is 30.3 Å². The lowest BCUT2D eigenvalue weighted by Gasteiger charge is -2.32. The Morgan fingerprint density at radius 3 is 2.81 bits per heavy atom. The number of nitrogens with one attached hydrogen (secondary N) is 1. The lowest BCUT2D eigenvalue weighted by Crippen LogP contribution is -2.37. The maximum absolute atomic E-state index is 4.83. The zero-order valence-electron chi connectivity index (χ0n) is 15.2. The molecule has 5 heteroatoms. The van der Waals surface area contributed by atoms with Gasteiger partial charge in [0.2, 0.25) is 0 Å². The molecule has 2 aromatic heterocycles. The number of anilines is 1. The lowest BCUT2D eigenvalue weighted by molar-refractivity contribution is 0.189. The number of hydrogen-bond donors (Lipinski definition) is 1. The van der Waals surface area contributed by atoms with E-state index in [-0.39, 0.29) is 0 Å². The Bertz CT molecular complexity index is 865. The number of benzene rings is 1. The monoisotopic (exact) mass is 347 g/mol. The second-order valence-corrected chi connectivity index (χ2v) is 6.93. The molecule has 3 aromatic rings. The number of aromatic nitrogens is 3. The molecule has 4 rings (SSSR count). The van der Waals surface area contributed by atoms with Crippen molar-refractivity contribution in [3.05, 3.63) is 48.8 Å². The van der Waals surface area contributed by atoms with Gasteiger partial charge in [-0.1, -0.05) is 19.1 Å². The largest absolute Gasteiger partial charge is 0.369 e. The van der Waals surface area contributed by atoms with Gasteiger partial charge >= 0.3 is 0 Å². The highest BCUT2D eigenvalue weighted by molar-refractivity contribution is 5.90. The average Bonchev–Trinajstić information content (AvgIpc) is 2.72. The van der Waals surface area contributed by atoms with Crippen molar-refractivity contribution < 1.29 is 0 Å². The summed E-state index contributed by atoms with van der Waals surface area (Å²) in [5.41, 5.74) is 1.96. The predicted molar refractivity (Wildman–Crippen MR) is 106 cm³/mol. The van der Waals surface area contributed by atoms with Crippen LogP contribution in [0.15, 0.2) is 48.8 Å². The molecule has 1 N–H and O–H groups in total. The van der Waals surface area contributed by atoms with Crippen LogP contribution >= 0.6 is 0 Å². The van der Waals surface area contributed by atoms with E-state index >= 15 is 0 Å². The van der Waals surface area contributed by atoms with Crippen LogP contribution in [0.1, 0.15) is 19.8 Å². The van der Waals surface area contributed by atoms with Crippen molar-refractivity contribution in [2.75, 3.05) is 31.5 Å². The summed E-state index contributed by atoms with van der Waals surface area (Å²) in [4.78, 5) is 16.2. The van der Waals surface area contributed by atoms with E-state index < -0.39 is 0 Å². The van der Waals surface area contributed by atoms with E-state index in [0.717, 1.165) is 41.2 Å². The number of nitrogens with zero attached hydrogens (tertiary/aromatic N) is 4. The third-order valence-corrected chi connectivity index (χ3v) is 5.15. The first-order chi connectivity index (χ1) is 12.8. The number of hydrogen-bond acceptors (Lipinski definition) is 5. The SMILES string of the molecule is CCN1CCC[C@@H](CNc2nc(-c3ccncc3)nc3ccccc23)C1. The van der Waals surface area contributed by atoms with Crippen molar-refractivity contribution in [3.63, 3.8) is 0 Å². The van der Waals surface area contributed by atoms with Crippen molar-refractivity contribution in [1.82, 2.24) is 19.9 Å². The van der Waals surface area contributed by atoms with Gasteiger partial charge in [-0.3, -0.25) is 4.98 Å². The minimum absolute atomic E-state index is 0.668. The summed E-state index contributed by atoms with van der Waals surface area (Å²) in [5, 5.41) is 4.70. The van der Waals surface area contributed by atoms with Gasteiger partial charge in [0.1, 0.15) is 5.82 Å². The van der Waals surface area contributed by atoms with E-state index in [9.17, 15) is 0 Å². The zero-order valence-corrected chi connectivity index (χ0v) is 15.2. The minimum atomic E-state index is 0.668. The molecular formula is C21H25N5. The van der Waals surface area contributed by atoms with Crippen LogP contribution in [-0.2, 0) is 0 Å². The molecule has 134 valence electrons. The Hall–Kier alpha value is -2.53. The topological polar surface area (TPSA) is 53.9 Å². The molecule has 3 heterocycles. The first kappa shape index (κ1) is 16.9. The Balaban J connectivity index is 1.61. The maximum Gasteiger partial charge on any atom is 0.162 e. The fourth-order valence-corrected chi connectivity index (χ4v) is 3.69. The average molecular weight is 347 g/mol. The van der Waals surface area contributed by atoms with Gasteiger partial charge in [-0.2, -0.15) is 0 Å². The maximum atomic E-state index is 4.83. The summed E-state index contributed by atoms with van der Waals surface area (Å²) in [6.07, 6.45) is 6.13. The molecule has 0 spiro atoms. The molecule has 5 nitrogen and oxygen atoms in total. The van der Waals surface area contributed by atoms with E-state index in [1.165, 1.54) is 25.9 Å². The molecule has 0 aliphatic carbocycles. The van der Waals surface area contributed by atoms with E-state index in [2.05, 4.69) is 28.2 Å². The van der Waals surface area contributed by atoms with Gasteiger partial charge in [0.15, 0.2) is 5.82 Å². The van der Waals surface area contributed by atoms with Crippen LogP contribution in [0.4, 0.5) is 5.82 Å². The van der Waals surface area contributed by atoms with Crippen LogP contribution in [-0.4, -0.2) is 46.0 Å². The quantitative estimate of drug-likeness (QED) is 0.760.